The number of carbonyl (C=O) groups excluding carboxylic acids is 1. The Morgan fingerprint density at radius 1 is 1.33 bits per heavy atom. The molecule has 6 heteroatoms. The van der Waals surface area contributed by atoms with Crippen LogP contribution in [0.1, 0.15) is 18.1 Å². The number of benzene rings is 1. The zero-order valence-corrected chi connectivity index (χ0v) is 14.0. The van der Waals surface area contributed by atoms with Gasteiger partial charge in [0.15, 0.2) is 0 Å². The highest BCUT2D eigenvalue weighted by molar-refractivity contribution is 14.1. The summed E-state index contributed by atoms with van der Waals surface area (Å²) < 4.78 is 6.58. The van der Waals surface area contributed by atoms with Crippen molar-refractivity contribution in [2.75, 3.05) is 4.43 Å². The van der Waals surface area contributed by atoms with Crippen molar-refractivity contribution in [1.29, 1.82) is 0 Å². The largest absolute Gasteiger partial charge is 0.481 e. The molecule has 4 nitrogen and oxygen atoms in total. The lowest BCUT2D eigenvalue weighted by Gasteiger charge is -2.09. The first kappa shape index (κ1) is 17.4. The van der Waals surface area contributed by atoms with Gasteiger partial charge in [0.25, 0.3) is 5.97 Å². The summed E-state index contributed by atoms with van der Waals surface area (Å²) in [5.74, 6) is -0.367. The van der Waals surface area contributed by atoms with Crippen LogP contribution in [0, 0.1) is 13.8 Å². The van der Waals surface area contributed by atoms with Crippen molar-refractivity contribution in [1.82, 2.24) is 0 Å². The smallest absolute Gasteiger partial charge is 0.321 e. The van der Waals surface area contributed by atoms with Crippen LogP contribution >= 0.6 is 38.5 Å². The number of ether oxygens (including phenoxy) is 1. The number of carboxylic acid groups (broad SMARTS) is 1. The van der Waals surface area contributed by atoms with Crippen LogP contribution in [0.4, 0.5) is 0 Å². The Hall–Kier alpha value is -0.630. The minimum atomic E-state index is -0.833. The number of aryl methyl sites for hydroxylation is 2. The van der Waals surface area contributed by atoms with E-state index in [-0.39, 0.29) is 5.97 Å². The maximum atomic E-state index is 11.1. The number of rotatable bonds is 2. The molecule has 0 aliphatic carbocycles. The molecule has 0 aliphatic heterocycles. The number of alkyl halides is 1. The number of esters is 1. The first-order chi connectivity index (χ1) is 8.27. The molecule has 0 saturated carbocycles. The van der Waals surface area contributed by atoms with Gasteiger partial charge >= 0.3 is 5.97 Å². The van der Waals surface area contributed by atoms with Crippen molar-refractivity contribution in [3.05, 3.63) is 27.7 Å². The number of carboxylic acids is 1. The van der Waals surface area contributed by atoms with Gasteiger partial charge in [-0.3, -0.25) is 9.59 Å². The zero-order valence-electron chi connectivity index (χ0n) is 10.3. The van der Waals surface area contributed by atoms with Crippen LogP contribution in [0.3, 0.4) is 0 Å². The third-order valence-corrected chi connectivity index (χ3v) is 2.83. The van der Waals surface area contributed by atoms with E-state index >= 15 is 0 Å². The van der Waals surface area contributed by atoms with Gasteiger partial charge in [-0.2, -0.15) is 0 Å². The van der Waals surface area contributed by atoms with E-state index in [9.17, 15) is 4.79 Å². The van der Waals surface area contributed by atoms with Crippen molar-refractivity contribution in [3.8, 4) is 5.75 Å². The molecule has 1 aromatic rings. The van der Waals surface area contributed by atoms with E-state index in [0.717, 1.165) is 22.5 Å². The van der Waals surface area contributed by atoms with Crippen LogP contribution < -0.4 is 4.74 Å². The minimum Gasteiger partial charge on any atom is -0.481 e. The molecule has 0 saturated heterocycles. The Morgan fingerprint density at radius 2 is 1.72 bits per heavy atom. The van der Waals surface area contributed by atoms with Crippen molar-refractivity contribution in [3.63, 3.8) is 0 Å². The average molecular weight is 429 g/mol. The van der Waals surface area contributed by atoms with E-state index in [0.29, 0.717) is 10.2 Å². The van der Waals surface area contributed by atoms with E-state index in [1.165, 1.54) is 0 Å². The van der Waals surface area contributed by atoms with Gasteiger partial charge in [0.1, 0.15) is 5.75 Å². The van der Waals surface area contributed by atoms with Gasteiger partial charge in [-0.05, 0) is 37.1 Å². The number of aliphatic carboxylic acids is 1. The molecular weight excluding hydrogens is 415 g/mol. The highest BCUT2D eigenvalue weighted by Gasteiger charge is 2.09. The maximum absolute atomic E-state index is 11.1. The summed E-state index contributed by atoms with van der Waals surface area (Å²) >= 11 is 5.37. The van der Waals surface area contributed by atoms with Crippen molar-refractivity contribution >= 4 is 50.5 Å². The van der Waals surface area contributed by atoms with Crippen LogP contribution in [0.15, 0.2) is 16.6 Å². The number of hydrogen-bond acceptors (Lipinski definition) is 3. The molecule has 0 spiro atoms. The lowest BCUT2D eigenvalue weighted by molar-refractivity contribution is -0.134. The molecule has 1 aromatic carbocycles. The van der Waals surface area contributed by atoms with E-state index in [1.54, 1.807) is 0 Å². The third kappa shape index (κ3) is 6.95. The first-order valence-corrected chi connectivity index (χ1v) is 7.32. The monoisotopic (exact) mass is 428 g/mol. The molecule has 1 N–H and O–H groups in total. The summed E-state index contributed by atoms with van der Waals surface area (Å²) in [6.45, 7) is 4.93. The molecule has 0 atom stereocenters. The van der Waals surface area contributed by atoms with Crippen LogP contribution in [0.2, 0.25) is 0 Å². The fourth-order valence-electron chi connectivity index (χ4n) is 1.20. The average Bonchev–Trinajstić information content (AvgIpc) is 2.22. The van der Waals surface area contributed by atoms with Crippen LogP contribution in [-0.4, -0.2) is 21.5 Å². The highest BCUT2D eigenvalue weighted by atomic mass is 127. The van der Waals surface area contributed by atoms with Crippen LogP contribution in [0.25, 0.3) is 0 Å². The molecule has 100 valence electrons. The second-order valence-corrected chi connectivity index (χ2v) is 5.17. The fourth-order valence-corrected chi connectivity index (χ4v) is 2.04. The fraction of sp³-hybridized carbons (Fsp3) is 0.333. The Kier molecular flexibility index (Phi) is 8.17. The van der Waals surface area contributed by atoms with E-state index in [4.69, 9.17) is 14.6 Å². The summed E-state index contributed by atoms with van der Waals surface area (Å²) in [4.78, 5) is 20.1. The SMILES string of the molecule is CC(=O)O.Cc1cc(Br)cc(C)c1OC(=O)CI. The van der Waals surface area contributed by atoms with Crippen molar-refractivity contribution in [2.45, 2.75) is 20.8 Å². The zero-order chi connectivity index (χ0) is 14.3. The van der Waals surface area contributed by atoms with Gasteiger partial charge in [0.05, 0.1) is 4.43 Å². The first-order valence-electron chi connectivity index (χ1n) is 5.00. The predicted octanol–water partition coefficient (Wildman–Crippen LogP) is 3.50. The van der Waals surface area contributed by atoms with Gasteiger partial charge in [-0.25, -0.2) is 0 Å². The second-order valence-electron chi connectivity index (χ2n) is 3.50. The molecule has 0 unspecified atom stereocenters. The summed E-state index contributed by atoms with van der Waals surface area (Å²) in [6, 6.07) is 3.87. The molecule has 1 rings (SSSR count). The second kappa shape index (κ2) is 8.47. The lowest BCUT2D eigenvalue weighted by Crippen LogP contribution is -2.10. The van der Waals surface area contributed by atoms with Crippen molar-refractivity contribution in [2.24, 2.45) is 0 Å². The van der Waals surface area contributed by atoms with Gasteiger partial charge in [0.2, 0.25) is 0 Å². The molecule has 0 aliphatic rings. The quantitative estimate of drug-likeness (QED) is 0.339. The summed E-state index contributed by atoms with van der Waals surface area (Å²) in [5.41, 5.74) is 1.94. The molecule has 0 bridgehead atoms. The molecular formula is C12H14BrIO4. The Morgan fingerprint density at radius 3 is 2.06 bits per heavy atom. The Bertz CT molecular complexity index is 419. The summed E-state index contributed by atoms with van der Waals surface area (Å²) in [6.07, 6.45) is 0. The number of carbonyl (C=O) groups is 2. The maximum Gasteiger partial charge on any atom is 0.321 e. The predicted molar refractivity (Wildman–Crippen MR) is 81.4 cm³/mol. The lowest BCUT2D eigenvalue weighted by atomic mass is 10.1. The molecule has 18 heavy (non-hydrogen) atoms. The summed E-state index contributed by atoms with van der Waals surface area (Å²) in [7, 11) is 0. The topological polar surface area (TPSA) is 63.6 Å². The minimum absolute atomic E-state index is 0.209. The van der Waals surface area contributed by atoms with Crippen LogP contribution in [-0.2, 0) is 9.59 Å². The standard InChI is InChI=1S/C10H10BrIO2.C2H4O2/c1-6-3-8(11)4-7(2)10(6)14-9(13)5-12;1-2(3)4/h3-4H,5H2,1-2H3;1H3,(H,3,4). The molecule has 0 radical (unpaired) electrons. The van der Waals surface area contributed by atoms with E-state index < -0.39 is 5.97 Å². The Labute approximate surface area is 128 Å². The molecule has 0 fully saturated rings. The van der Waals surface area contributed by atoms with E-state index in [1.807, 2.05) is 48.6 Å². The van der Waals surface area contributed by atoms with Crippen LogP contribution in [0.5, 0.6) is 5.75 Å². The molecule has 0 heterocycles. The normalized spacial score (nSPS) is 9.17. The molecule has 0 amide bonds. The number of hydrogen-bond donors (Lipinski definition) is 1. The van der Waals surface area contributed by atoms with Gasteiger partial charge in [-0.15, -0.1) is 0 Å². The highest BCUT2D eigenvalue weighted by Crippen LogP contribution is 2.27. The number of halogens is 2. The van der Waals surface area contributed by atoms with Gasteiger partial charge in [-0.1, -0.05) is 38.5 Å². The molecule has 0 aromatic heterocycles. The Balaban J connectivity index is 0.000000631. The van der Waals surface area contributed by atoms with E-state index in [2.05, 4.69) is 15.9 Å². The van der Waals surface area contributed by atoms with Gasteiger partial charge < -0.3 is 9.84 Å². The third-order valence-electron chi connectivity index (χ3n) is 1.75. The van der Waals surface area contributed by atoms with Crippen molar-refractivity contribution < 1.29 is 19.4 Å². The summed E-state index contributed by atoms with van der Waals surface area (Å²) in [5, 5.41) is 7.42. The van der Waals surface area contributed by atoms with Gasteiger partial charge in [0, 0.05) is 11.4 Å².